The molecule has 0 unspecified atom stereocenters. The maximum atomic E-state index is 12.6. The van der Waals surface area contributed by atoms with Gasteiger partial charge in [-0.15, -0.1) is 8.78 Å². The van der Waals surface area contributed by atoms with Crippen LogP contribution in [-0.4, -0.2) is 6.29 Å². The molecule has 0 aromatic heterocycles. The van der Waals surface area contributed by atoms with Gasteiger partial charge in [-0.1, -0.05) is 27.0 Å². The van der Waals surface area contributed by atoms with Crippen LogP contribution in [-0.2, 0) is 9.47 Å². The first-order valence-electron chi connectivity index (χ1n) is 4.65. The molecule has 0 radical (unpaired) electrons. The fourth-order valence-corrected chi connectivity index (χ4v) is 0.913. The third-order valence-electron chi connectivity index (χ3n) is 1.42. The smallest absolute Gasteiger partial charge is 0.395 e. The molecule has 0 aromatic rings. The Morgan fingerprint density at radius 1 is 1.00 bits per heavy atom. The summed E-state index contributed by atoms with van der Waals surface area (Å²) >= 11 is 0. The minimum Gasteiger partial charge on any atom is -0.395 e. The Kier molecular flexibility index (Phi) is 4.52. The Bertz CT molecular complexity index is 276. The number of hydrogen-bond donors (Lipinski definition) is 0. The van der Waals surface area contributed by atoms with Crippen LogP contribution in [0.5, 0.6) is 0 Å². The van der Waals surface area contributed by atoms with Gasteiger partial charge in [-0.3, -0.25) is 0 Å². The third-order valence-corrected chi connectivity index (χ3v) is 1.42. The quantitative estimate of drug-likeness (QED) is 0.698. The maximum Gasteiger partial charge on any atom is 0.586 e. The average Bonchev–Trinajstić information content (AvgIpc) is 2.45. The summed E-state index contributed by atoms with van der Waals surface area (Å²) in [6.07, 6.45) is -3.59. The fourth-order valence-electron chi connectivity index (χ4n) is 0.913. The van der Waals surface area contributed by atoms with Crippen LogP contribution in [0.3, 0.4) is 0 Å². The van der Waals surface area contributed by atoms with Gasteiger partial charge in [0.2, 0.25) is 0 Å². The second-order valence-corrected chi connectivity index (χ2v) is 2.89. The zero-order chi connectivity index (χ0) is 12.2. The predicted molar refractivity (Wildman–Crippen MR) is 55.1 cm³/mol. The van der Waals surface area contributed by atoms with Crippen LogP contribution in [0.4, 0.5) is 8.78 Å². The minimum atomic E-state index is -3.59. The van der Waals surface area contributed by atoms with Crippen molar-refractivity contribution in [2.24, 2.45) is 0 Å². The topological polar surface area (TPSA) is 18.5 Å². The first-order valence-corrected chi connectivity index (χ1v) is 4.65. The molecule has 0 aromatic carbocycles. The molecule has 0 amide bonds. The van der Waals surface area contributed by atoms with Crippen molar-refractivity contribution >= 4 is 0 Å². The van der Waals surface area contributed by atoms with Gasteiger partial charge in [0.1, 0.15) is 0 Å². The lowest BCUT2D eigenvalue weighted by Gasteiger charge is -2.07. The predicted octanol–water partition coefficient (Wildman–Crippen LogP) is 3.97. The van der Waals surface area contributed by atoms with Crippen molar-refractivity contribution in [3.8, 4) is 0 Å². The van der Waals surface area contributed by atoms with E-state index in [0.29, 0.717) is 11.1 Å². The number of alkyl halides is 2. The first-order chi connectivity index (χ1) is 6.83. The molecule has 1 heterocycles. The van der Waals surface area contributed by atoms with Crippen molar-refractivity contribution in [2.45, 2.75) is 34.0 Å². The van der Waals surface area contributed by atoms with Gasteiger partial charge in [0.05, 0.1) is 0 Å². The normalized spacial score (nSPS) is 17.2. The summed E-state index contributed by atoms with van der Waals surface area (Å²) in [7, 11) is 0. The minimum absolute atomic E-state index is 0.0301. The van der Waals surface area contributed by atoms with E-state index in [4.69, 9.17) is 0 Å². The van der Waals surface area contributed by atoms with Gasteiger partial charge in [-0.05, 0) is 25.0 Å². The summed E-state index contributed by atoms with van der Waals surface area (Å²) in [5, 5.41) is 0. The Balaban J connectivity index is 0.000000921. The van der Waals surface area contributed by atoms with Gasteiger partial charge >= 0.3 is 6.29 Å². The highest BCUT2D eigenvalue weighted by molar-refractivity contribution is 5.35. The second kappa shape index (κ2) is 4.96. The molecule has 0 fully saturated rings. The SMILES string of the molecule is C=C(C)C1=C(C(=C)C)OC(F)(F)O1.CC. The molecule has 0 spiro atoms. The van der Waals surface area contributed by atoms with Crippen LogP contribution in [0, 0.1) is 0 Å². The summed E-state index contributed by atoms with van der Waals surface area (Å²) in [4.78, 5) is 0. The third kappa shape index (κ3) is 3.38. The molecule has 1 aliphatic heterocycles. The van der Waals surface area contributed by atoms with Gasteiger partial charge in [-0.25, -0.2) is 0 Å². The molecule has 0 aliphatic carbocycles. The number of rotatable bonds is 2. The monoisotopic (exact) mass is 218 g/mol. The van der Waals surface area contributed by atoms with Gasteiger partial charge < -0.3 is 9.47 Å². The number of halogens is 2. The average molecular weight is 218 g/mol. The molecule has 86 valence electrons. The molecule has 0 atom stereocenters. The van der Waals surface area contributed by atoms with E-state index >= 15 is 0 Å². The molecular weight excluding hydrogens is 202 g/mol. The Labute approximate surface area is 88.9 Å². The molecule has 0 bridgehead atoms. The van der Waals surface area contributed by atoms with E-state index in [0.717, 1.165) is 0 Å². The standard InChI is InChI=1S/C9H10F2O2.C2H6/c1-5(2)7-8(6(3)4)13-9(10,11)12-7;1-2/h1,3H2,2,4H3;1-2H3. The summed E-state index contributed by atoms with van der Waals surface area (Å²) in [5.74, 6) is -0.0602. The lowest BCUT2D eigenvalue weighted by molar-refractivity contribution is -0.335. The maximum absolute atomic E-state index is 12.6. The van der Waals surface area contributed by atoms with E-state index in [1.807, 2.05) is 13.8 Å². The molecule has 1 aliphatic rings. The highest BCUT2D eigenvalue weighted by Crippen LogP contribution is 2.38. The zero-order valence-electron chi connectivity index (χ0n) is 9.49. The molecule has 0 N–H and O–H groups in total. The molecular formula is C11H16F2O2. The Hall–Kier alpha value is -1.32. The zero-order valence-corrected chi connectivity index (χ0v) is 9.49. The number of allylic oxidation sites excluding steroid dienone is 2. The van der Waals surface area contributed by atoms with E-state index in [1.165, 1.54) is 0 Å². The molecule has 1 rings (SSSR count). The number of ether oxygens (including phenoxy) is 2. The van der Waals surface area contributed by atoms with Gasteiger partial charge in [0.25, 0.3) is 0 Å². The van der Waals surface area contributed by atoms with Crippen LogP contribution in [0.2, 0.25) is 0 Å². The molecule has 2 nitrogen and oxygen atoms in total. The molecule has 4 heteroatoms. The van der Waals surface area contributed by atoms with E-state index in [9.17, 15) is 8.78 Å². The van der Waals surface area contributed by atoms with Crippen molar-refractivity contribution in [1.82, 2.24) is 0 Å². The first kappa shape index (κ1) is 13.7. The highest BCUT2D eigenvalue weighted by atomic mass is 19.3. The van der Waals surface area contributed by atoms with Crippen LogP contribution in [0.1, 0.15) is 27.7 Å². The summed E-state index contributed by atoms with van der Waals surface area (Å²) in [5.41, 5.74) is 0.769. The van der Waals surface area contributed by atoms with Crippen molar-refractivity contribution in [3.63, 3.8) is 0 Å². The lowest BCUT2D eigenvalue weighted by Crippen LogP contribution is -2.16. The van der Waals surface area contributed by atoms with Crippen LogP contribution in [0.25, 0.3) is 0 Å². The highest BCUT2D eigenvalue weighted by Gasteiger charge is 2.45. The van der Waals surface area contributed by atoms with E-state index in [2.05, 4.69) is 22.6 Å². The summed E-state index contributed by atoms with van der Waals surface area (Å²) in [6, 6.07) is 0. The van der Waals surface area contributed by atoms with E-state index in [-0.39, 0.29) is 11.5 Å². The molecule has 0 saturated carbocycles. The molecule has 0 saturated heterocycles. The molecule has 15 heavy (non-hydrogen) atoms. The van der Waals surface area contributed by atoms with E-state index in [1.54, 1.807) is 13.8 Å². The number of hydrogen-bond acceptors (Lipinski definition) is 2. The van der Waals surface area contributed by atoms with Gasteiger partial charge in [0.15, 0.2) is 11.5 Å². The van der Waals surface area contributed by atoms with Crippen molar-refractivity contribution in [1.29, 1.82) is 0 Å². The van der Waals surface area contributed by atoms with E-state index < -0.39 is 6.29 Å². The van der Waals surface area contributed by atoms with Crippen molar-refractivity contribution < 1.29 is 18.3 Å². The largest absolute Gasteiger partial charge is 0.586 e. The van der Waals surface area contributed by atoms with Gasteiger partial charge in [-0.2, -0.15) is 0 Å². The Morgan fingerprint density at radius 3 is 1.47 bits per heavy atom. The van der Waals surface area contributed by atoms with Crippen LogP contribution < -0.4 is 0 Å². The fraction of sp³-hybridized carbons (Fsp3) is 0.455. The van der Waals surface area contributed by atoms with Crippen LogP contribution in [0.15, 0.2) is 35.8 Å². The van der Waals surface area contributed by atoms with Gasteiger partial charge in [0, 0.05) is 0 Å². The van der Waals surface area contributed by atoms with Crippen LogP contribution >= 0.6 is 0 Å². The lowest BCUT2D eigenvalue weighted by atomic mass is 10.2. The second-order valence-electron chi connectivity index (χ2n) is 2.89. The van der Waals surface area contributed by atoms with Crippen molar-refractivity contribution in [2.75, 3.05) is 0 Å². The summed E-state index contributed by atoms with van der Waals surface area (Å²) < 4.78 is 33.7. The van der Waals surface area contributed by atoms with Crippen molar-refractivity contribution in [3.05, 3.63) is 35.8 Å². The summed E-state index contributed by atoms with van der Waals surface area (Å²) in [6.45, 7) is 14.1. The Morgan fingerprint density at radius 2 is 1.27 bits per heavy atom.